The first-order valence-electron chi connectivity index (χ1n) is 30.7. The van der Waals surface area contributed by atoms with E-state index >= 15 is 13.2 Å². The van der Waals surface area contributed by atoms with Crippen LogP contribution in [0.5, 0.6) is 0 Å². The van der Waals surface area contributed by atoms with Gasteiger partial charge in [0.1, 0.15) is 0 Å². The summed E-state index contributed by atoms with van der Waals surface area (Å²) in [5.41, 5.74) is -0.461. The van der Waals surface area contributed by atoms with Crippen molar-refractivity contribution in [1.82, 2.24) is 4.44 Å². The van der Waals surface area contributed by atoms with E-state index in [1.54, 1.807) is 16.4 Å². The van der Waals surface area contributed by atoms with Gasteiger partial charge in [-0.25, -0.2) is 4.44 Å². The molecule has 1 nitrogen and oxygen atoms in total. The summed E-state index contributed by atoms with van der Waals surface area (Å²) >= 11 is 0. The maximum Gasteiger partial charge on any atom is 0.417 e. The van der Waals surface area contributed by atoms with E-state index in [9.17, 15) is 0 Å². The Balaban J connectivity index is 2.27. The fraction of sp³-hybridized carbons (Fsp3) is 0.631. The Kier molecular flexibility index (Phi) is 29.9. The highest BCUT2D eigenvalue weighted by Gasteiger charge is 2.42. The molecule has 0 N–H and O–H groups in total. The van der Waals surface area contributed by atoms with Crippen LogP contribution in [0.15, 0.2) is 97.1 Å². The topological polar surface area (TPSA) is 3.24 Å². The average molecular weight is 1100 g/mol. The quantitative estimate of drug-likeness (QED) is 0.0318. The van der Waals surface area contributed by atoms with Gasteiger partial charge in [-0.3, -0.25) is 0 Å². The molecule has 0 saturated carbocycles. The van der Waals surface area contributed by atoms with Gasteiger partial charge >= 0.3 is 6.18 Å². The highest BCUT2D eigenvalue weighted by molar-refractivity contribution is 7.84. The van der Waals surface area contributed by atoms with E-state index in [2.05, 4.69) is 146 Å². The van der Waals surface area contributed by atoms with Gasteiger partial charge in [-0.1, -0.05) is 352 Å². The molecule has 0 aromatic heterocycles. The minimum Gasteiger partial charge on any atom is -0.245 e. The summed E-state index contributed by atoms with van der Waals surface area (Å²) < 4.78 is 50.6. The zero-order valence-electron chi connectivity index (χ0n) is 48.9. The molecule has 0 saturated heterocycles. The summed E-state index contributed by atoms with van der Waals surface area (Å²) in [5, 5.41) is 8.97. The van der Waals surface area contributed by atoms with Crippen molar-refractivity contribution in [2.75, 3.05) is 6.54 Å². The molecule has 0 aliphatic carbocycles. The summed E-state index contributed by atoms with van der Waals surface area (Å²) in [5.74, 6) is 0. The Morgan fingerprint density at radius 2 is 0.635 bits per heavy atom. The SMILES string of the molecule is CCCCN(P(c1cccc([Si](CCCC)(CCCC)CCCC)c1)c1cccc([Si](CCCC)(CCCC)CCCC)c1)P(c1cccc([Si](CCCC)(CCCC)CCCC)c1)c1ccccc1C(F)(F)F. The Labute approximate surface area is 459 Å². The maximum absolute atomic E-state index is 16.0. The lowest BCUT2D eigenvalue weighted by atomic mass is 10.2. The van der Waals surface area contributed by atoms with Crippen LogP contribution >= 0.6 is 16.1 Å². The second-order valence-electron chi connectivity index (χ2n) is 22.5. The first kappa shape index (κ1) is 64.7. The lowest BCUT2D eigenvalue weighted by molar-refractivity contribution is -0.136. The first-order chi connectivity index (χ1) is 35.9. The largest absolute Gasteiger partial charge is 0.417 e. The Bertz CT molecular complexity index is 2000. The molecular weight excluding hydrogens is 998 g/mol. The molecule has 4 rings (SSSR count). The summed E-state index contributed by atoms with van der Waals surface area (Å²) in [6.45, 7) is 24.2. The summed E-state index contributed by atoms with van der Waals surface area (Å²) in [4.78, 5) is 0. The Hall–Kier alpha value is -1.86. The second-order valence-corrected chi connectivity index (χ2v) is 41.0. The van der Waals surface area contributed by atoms with Crippen molar-refractivity contribution in [3.8, 4) is 0 Å². The molecule has 0 heterocycles. The molecule has 1 atom stereocenters. The van der Waals surface area contributed by atoms with E-state index in [1.807, 2.05) is 12.1 Å². The summed E-state index contributed by atoms with van der Waals surface area (Å²) in [7, 11) is -8.84. The van der Waals surface area contributed by atoms with Gasteiger partial charge in [0, 0.05) is 28.0 Å². The molecule has 4 aromatic carbocycles. The first-order valence-corrected chi connectivity index (χ1v) is 41.2. The molecular formula is C65H106F3NP2Si3. The van der Waals surface area contributed by atoms with Crippen molar-refractivity contribution in [3.63, 3.8) is 0 Å². The van der Waals surface area contributed by atoms with E-state index in [4.69, 9.17) is 0 Å². The van der Waals surface area contributed by atoms with E-state index in [0.29, 0.717) is 5.30 Å². The molecule has 4 aromatic rings. The van der Waals surface area contributed by atoms with Gasteiger partial charge < -0.3 is 0 Å². The molecule has 0 radical (unpaired) electrons. The third kappa shape index (κ3) is 18.1. The number of nitrogens with zero attached hydrogens (tertiary/aromatic N) is 1. The minimum absolute atomic E-state index is 0.461. The average Bonchev–Trinajstić information content (AvgIpc) is 3.42. The molecule has 0 aliphatic heterocycles. The van der Waals surface area contributed by atoms with Crippen LogP contribution in [0.4, 0.5) is 13.2 Å². The van der Waals surface area contributed by atoms with E-state index in [0.717, 1.165) is 24.7 Å². The standard InChI is InChI=1S/C65H106F3NP2Si3/c1-11-21-44-69(71(64-43-32-31-42-63(64)65(66,67)68)59-38-35-41-62(56-59)74(51-28-18-8,52-29-19-9)53-30-20-10)70(57-36-33-39-60(54-57)72(45-22-12-2,46-23-13-3)47-24-14-4)58-37-34-40-61(55-58)73(48-25-15-5,49-26-16-6)50-27-17-7/h31-43,54-56H,11-30,44-53H2,1-10H3. The maximum atomic E-state index is 16.0. The minimum atomic E-state index is -4.48. The monoisotopic (exact) mass is 1100 g/mol. The van der Waals surface area contributed by atoms with Gasteiger partial charge in [-0.2, -0.15) is 13.2 Å². The lowest BCUT2D eigenvalue weighted by Gasteiger charge is -2.42. The van der Waals surface area contributed by atoms with Crippen LogP contribution in [0.3, 0.4) is 0 Å². The molecule has 9 heteroatoms. The van der Waals surface area contributed by atoms with E-state index in [1.165, 1.54) is 192 Å². The van der Waals surface area contributed by atoms with Gasteiger partial charge in [0.05, 0.1) is 29.8 Å². The van der Waals surface area contributed by atoms with Crippen molar-refractivity contribution < 1.29 is 13.2 Å². The molecule has 0 bridgehead atoms. The van der Waals surface area contributed by atoms with Crippen molar-refractivity contribution in [2.45, 2.75) is 258 Å². The molecule has 0 spiro atoms. The van der Waals surface area contributed by atoms with Crippen LogP contribution < -0.4 is 36.8 Å². The Morgan fingerprint density at radius 1 is 0.351 bits per heavy atom. The van der Waals surface area contributed by atoms with Gasteiger partial charge in [0.15, 0.2) is 0 Å². The van der Waals surface area contributed by atoms with E-state index < -0.39 is 52.1 Å². The number of hydrogen-bond donors (Lipinski definition) is 0. The number of unbranched alkanes of at least 4 members (excludes halogenated alkanes) is 10. The zero-order chi connectivity index (χ0) is 53.9. The molecule has 0 amide bonds. The molecule has 1 unspecified atom stereocenters. The molecule has 414 valence electrons. The van der Waals surface area contributed by atoms with Crippen LogP contribution in [0, 0.1) is 0 Å². The highest BCUT2D eigenvalue weighted by Crippen LogP contribution is 2.56. The lowest BCUT2D eigenvalue weighted by Crippen LogP contribution is -2.49. The number of benzene rings is 4. The fourth-order valence-corrected chi connectivity index (χ4v) is 35.8. The third-order valence-corrected chi connectivity index (χ3v) is 38.7. The zero-order valence-corrected chi connectivity index (χ0v) is 53.7. The van der Waals surface area contributed by atoms with Crippen LogP contribution in [-0.2, 0) is 6.18 Å². The van der Waals surface area contributed by atoms with Crippen LogP contribution in [0.25, 0.3) is 0 Å². The van der Waals surface area contributed by atoms with Crippen LogP contribution in [-0.4, -0.2) is 35.2 Å². The Morgan fingerprint density at radius 3 is 0.919 bits per heavy atom. The van der Waals surface area contributed by atoms with Gasteiger partial charge in [0.25, 0.3) is 0 Å². The summed E-state index contributed by atoms with van der Waals surface area (Å²) in [6.07, 6.45) is 19.4. The van der Waals surface area contributed by atoms with Crippen molar-refractivity contribution in [2.24, 2.45) is 0 Å². The fourth-order valence-electron chi connectivity index (χ4n) is 12.3. The van der Waals surface area contributed by atoms with Gasteiger partial charge in [-0.15, -0.1) is 0 Å². The van der Waals surface area contributed by atoms with Crippen molar-refractivity contribution in [3.05, 3.63) is 103 Å². The normalized spacial score (nSPS) is 13.1. The number of halogens is 3. The van der Waals surface area contributed by atoms with Gasteiger partial charge in [-0.05, 0) is 28.4 Å². The third-order valence-electron chi connectivity index (χ3n) is 16.8. The molecule has 0 aliphatic rings. The van der Waals surface area contributed by atoms with E-state index in [-0.39, 0.29) is 0 Å². The van der Waals surface area contributed by atoms with Crippen LogP contribution in [0.1, 0.15) is 203 Å². The van der Waals surface area contributed by atoms with Gasteiger partial charge in [0.2, 0.25) is 0 Å². The number of alkyl halides is 3. The summed E-state index contributed by atoms with van der Waals surface area (Å²) in [6, 6.07) is 48.0. The highest BCUT2D eigenvalue weighted by atomic mass is 31.2. The smallest absolute Gasteiger partial charge is 0.245 e. The second kappa shape index (κ2) is 34.2. The molecule has 0 fully saturated rings. The van der Waals surface area contributed by atoms with Crippen LogP contribution in [0.2, 0.25) is 54.4 Å². The van der Waals surface area contributed by atoms with Crippen molar-refractivity contribution in [1.29, 1.82) is 0 Å². The number of rotatable bonds is 39. The predicted octanol–water partition coefficient (Wildman–Crippen LogP) is 19.4. The predicted molar refractivity (Wildman–Crippen MR) is 338 cm³/mol. The molecule has 74 heavy (non-hydrogen) atoms. The van der Waals surface area contributed by atoms with Crippen molar-refractivity contribution >= 4 is 77.1 Å². The number of hydrogen-bond acceptors (Lipinski definition) is 1.